The van der Waals surface area contributed by atoms with E-state index in [0.29, 0.717) is 5.56 Å². The van der Waals surface area contributed by atoms with Gasteiger partial charge in [0.15, 0.2) is 6.29 Å². The number of aromatic amines is 1. The second-order valence-electron chi connectivity index (χ2n) is 2.74. The number of aldehydes is 1. The first-order valence-corrected chi connectivity index (χ1v) is 3.96. The van der Waals surface area contributed by atoms with E-state index < -0.39 is 0 Å². The first-order chi connectivity index (χ1) is 6.36. The van der Waals surface area contributed by atoms with Crippen LogP contribution in [0.25, 0.3) is 10.9 Å². The van der Waals surface area contributed by atoms with Crippen LogP contribution in [0.5, 0.6) is 5.75 Å². The van der Waals surface area contributed by atoms with Crippen LogP contribution in [0.3, 0.4) is 0 Å². The average Bonchev–Trinajstić information content (AvgIpc) is 2.64. The van der Waals surface area contributed by atoms with Crippen LogP contribution in [-0.2, 0) is 0 Å². The molecule has 1 aromatic heterocycles. The van der Waals surface area contributed by atoms with Crippen molar-refractivity contribution in [1.29, 1.82) is 0 Å². The van der Waals surface area contributed by atoms with Crippen molar-refractivity contribution in [2.24, 2.45) is 0 Å². The Morgan fingerprint density at radius 1 is 1.38 bits per heavy atom. The van der Waals surface area contributed by atoms with E-state index in [1.54, 1.807) is 25.4 Å². The molecule has 1 N–H and O–H groups in total. The monoisotopic (exact) mass is 175 g/mol. The van der Waals surface area contributed by atoms with Crippen molar-refractivity contribution in [1.82, 2.24) is 4.98 Å². The largest absolute Gasteiger partial charge is 0.495 e. The van der Waals surface area contributed by atoms with Gasteiger partial charge in [0.2, 0.25) is 0 Å². The van der Waals surface area contributed by atoms with Crippen molar-refractivity contribution in [3.63, 3.8) is 0 Å². The maximum absolute atomic E-state index is 10.7. The van der Waals surface area contributed by atoms with Gasteiger partial charge < -0.3 is 9.72 Å². The fourth-order valence-electron chi connectivity index (χ4n) is 1.43. The van der Waals surface area contributed by atoms with Crippen molar-refractivity contribution >= 4 is 17.2 Å². The number of carbonyl (C=O) groups excluding carboxylic acids is 1. The molecule has 0 saturated carbocycles. The van der Waals surface area contributed by atoms with Crippen molar-refractivity contribution in [3.8, 4) is 5.75 Å². The van der Waals surface area contributed by atoms with Gasteiger partial charge in [-0.3, -0.25) is 4.79 Å². The summed E-state index contributed by atoms with van der Waals surface area (Å²) in [5.41, 5.74) is 1.55. The zero-order chi connectivity index (χ0) is 9.26. The van der Waals surface area contributed by atoms with Crippen molar-refractivity contribution in [3.05, 3.63) is 30.0 Å². The van der Waals surface area contributed by atoms with Crippen molar-refractivity contribution < 1.29 is 9.53 Å². The minimum atomic E-state index is 0.678. The van der Waals surface area contributed by atoms with Crippen LogP contribution in [0, 0.1) is 0 Å². The van der Waals surface area contributed by atoms with Gasteiger partial charge in [-0.05, 0) is 18.2 Å². The number of aromatic nitrogens is 1. The predicted molar refractivity (Wildman–Crippen MR) is 50.2 cm³/mol. The zero-order valence-electron chi connectivity index (χ0n) is 7.20. The lowest BCUT2D eigenvalue weighted by atomic mass is 10.1. The van der Waals surface area contributed by atoms with Gasteiger partial charge in [0.05, 0.1) is 12.6 Å². The standard InChI is InChI=1S/C10H9NO2/c1-13-9-3-2-7(6-12)8-4-5-11-10(8)9/h2-6,11H,1H3. The van der Waals surface area contributed by atoms with E-state index in [4.69, 9.17) is 4.74 Å². The average molecular weight is 175 g/mol. The van der Waals surface area contributed by atoms with Crippen LogP contribution in [-0.4, -0.2) is 18.4 Å². The molecule has 0 atom stereocenters. The molecule has 0 aliphatic carbocycles. The molecular formula is C10H9NO2. The summed E-state index contributed by atoms with van der Waals surface area (Å²) in [6.45, 7) is 0. The summed E-state index contributed by atoms with van der Waals surface area (Å²) in [5.74, 6) is 0.755. The molecule has 0 aliphatic rings. The molecule has 0 bridgehead atoms. The van der Waals surface area contributed by atoms with E-state index >= 15 is 0 Å². The summed E-state index contributed by atoms with van der Waals surface area (Å²) in [4.78, 5) is 13.7. The highest BCUT2D eigenvalue weighted by Crippen LogP contribution is 2.25. The highest BCUT2D eigenvalue weighted by molar-refractivity contribution is 5.99. The number of nitrogens with one attached hydrogen (secondary N) is 1. The van der Waals surface area contributed by atoms with Crippen LogP contribution in [0.2, 0.25) is 0 Å². The summed E-state index contributed by atoms with van der Waals surface area (Å²) in [6, 6.07) is 5.40. The number of methoxy groups -OCH3 is 1. The first kappa shape index (κ1) is 7.86. The molecule has 0 amide bonds. The number of H-pyrrole nitrogens is 1. The first-order valence-electron chi connectivity index (χ1n) is 3.96. The molecule has 3 nitrogen and oxygen atoms in total. The Balaban J connectivity index is 2.81. The molecule has 2 aromatic rings. The quantitative estimate of drug-likeness (QED) is 0.709. The SMILES string of the molecule is COc1ccc(C=O)c2cc[nH]c12. The highest BCUT2D eigenvalue weighted by Gasteiger charge is 2.05. The van der Waals surface area contributed by atoms with Gasteiger partial charge in [0, 0.05) is 17.1 Å². The molecule has 1 aromatic carbocycles. The lowest BCUT2D eigenvalue weighted by Crippen LogP contribution is -1.87. The number of fused-ring (bicyclic) bond motifs is 1. The van der Waals surface area contributed by atoms with Gasteiger partial charge >= 0.3 is 0 Å². The van der Waals surface area contributed by atoms with Crippen LogP contribution < -0.4 is 4.74 Å². The zero-order valence-corrected chi connectivity index (χ0v) is 7.20. The molecule has 1 heterocycles. The second kappa shape index (κ2) is 2.94. The predicted octanol–water partition coefficient (Wildman–Crippen LogP) is 1.99. The van der Waals surface area contributed by atoms with Crippen LogP contribution in [0.4, 0.5) is 0 Å². The fourth-order valence-corrected chi connectivity index (χ4v) is 1.43. The van der Waals surface area contributed by atoms with Gasteiger partial charge in [0.1, 0.15) is 5.75 Å². The Kier molecular flexibility index (Phi) is 1.77. The third-order valence-corrected chi connectivity index (χ3v) is 2.07. The lowest BCUT2D eigenvalue weighted by molar-refractivity contribution is 0.112. The Labute approximate surface area is 75.3 Å². The number of ether oxygens (including phenoxy) is 1. The van der Waals surface area contributed by atoms with E-state index in [1.807, 2.05) is 6.07 Å². The minimum Gasteiger partial charge on any atom is -0.495 e. The molecule has 0 radical (unpaired) electrons. The third-order valence-electron chi connectivity index (χ3n) is 2.07. The van der Waals surface area contributed by atoms with E-state index in [1.165, 1.54) is 0 Å². The molecular weight excluding hydrogens is 166 g/mol. The minimum absolute atomic E-state index is 0.678. The highest BCUT2D eigenvalue weighted by atomic mass is 16.5. The smallest absolute Gasteiger partial charge is 0.150 e. The number of hydrogen-bond acceptors (Lipinski definition) is 2. The Morgan fingerprint density at radius 2 is 2.23 bits per heavy atom. The van der Waals surface area contributed by atoms with Crippen LogP contribution in [0.15, 0.2) is 24.4 Å². The summed E-state index contributed by atoms with van der Waals surface area (Å²) in [5, 5.41) is 0.898. The Bertz CT molecular complexity index is 445. The maximum atomic E-state index is 10.7. The van der Waals surface area contributed by atoms with Gasteiger partial charge in [0.25, 0.3) is 0 Å². The van der Waals surface area contributed by atoms with Gasteiger partial charge in [-0.2, -0.15) is 0 Å². The van der Waals surface area contributed by atoms with Crippen LogP contribution >= 0.6 is 0 Å². The summed E-state index contributed by atoms with van der Waals surface area (Å²) in [6.07, 6.45) is 2.63. The molecule has 0 spiro atoms. The Hall–Kier alpha value is -1.77. The molecule has 0 fully saturated rings. The van der Waals surface area contributed by atoms with Crippen molar-refractivity contribution in [2.45, 2.75) is 0 Å². The number of carbonyl (C=O) groups is 1. The topological polar surface area (TPSA) is 42.1 Å². The van der Waals surface area contributed by atoms with E-state index in [2.05, 4.69) is 4.98 Å². The molecule has 0 unspecified atom stereocenters. The van der Waals surface area contributed by atoms with Gasteiger partial charge in [-0.25, -0.2) is 0 Å². The second-order valence-corrected chi connectivity index (χ2v) is 2.74. The molecule has 66 valence electrons. The molecule has 0 aliphatic heterocycles. The van der Waals surface area contributed by atoms with Crippen molar-refractivity contribution in [2.75, 3.05) is 7.11 Å². The van der Waals surface area contributed by atoms with Gasteiger partial charge in [-0.1, -0.05) is 0 Å². The number of benzene rings is 1. The summed E-state index contributed by atoms with van der Waals surface area (Å²) in [7, 11) is 1.61. The normalized spacial score (nSPS) is 10.2. The summed E-state index contributed by atoms with van der Waals surface area (Å²) >= 11 is 0. The molecule has 0 saturated heterocycles. The lowest BCUT2D eigenvalue weighted by Gasteiger charge is -2.02. The van der Waals surface area contributed by atoms with E-state index in [9.17, 15) is 4.79 Å². The Morgan fingerprint density at radius 3 is 2.92 bits per heavy atom. The third kappa shape index (κ3) is 1.09. The van der Waals surface area contributed by atoms with E-state index in [-0.39, 0.29) is 0 Å². The molecule has 13 heavy (non-hydrogen) atoms. The van der Waals surface area contributed by atoms with Crippen LogP contribution in [0.1, 0.15) is 10.4 Å². The fraction of sp³-hybridized carbons (Fsp3) is 0.100. The molecule has 2 rings (SSSR count). The molecule has 3 heteroatoms. The maximum Gasteiger partial charge on any atom is 0.150 e. The van der Waals surface area contributed by atoms with Gasteiger partial charge in [-0.15, -0.1) is 0 Å². The number of rotatable bonds is 2. The van der Waals surface area contributed by atoms with E-state index in [0.717, 1.165) is 22.9 Å². The summed E-state index contributed by atoms with van der Waals surface area (Å²) < 4.78 is 5.14. The number of hydrogen-bond donors (Lipinski definition) is 1.